The van der Waals surface area contributed by atoms with Gasteiger partial charge in [-0.05, 0) is 24.1 Å². The van der Waals surface area contributed by atoms with Crippen LogP contribution in [0.25, 0.3) is 0 Å². The summed E-state index contributed by atoms with van der Waals surface area (Å²) in [6.45, 7) is 0.205. The van der Waals surface area contributed by atoms with Gasteiger partial charge in [-0.25, -0.2) is 0 Å². The molecule has 1 rings (SSSR count). The summed E-state index contributed by atoms with van der Waals surface area (Å²) in [7, 11) is 0. The topological polar surface area (TPSA) is 20.2 Å². The van der Waals surface area contributed by atoms with Crippen molar-refractivity contribution in [2.75, 3.05) is 6.61 Å². The number of benzene rings is 1. The Kier molecular flexibility index (Phi) is 2.90. The minimum Gasteiger partial charge on any atom is -0.396 e. The van der Waals surface area contributed by atoms with Gasteiger partial charge in [0.25, 0.3) is 0 Å². The van der Waals surface area contributed by atoms with Crippen LogP contribution in [0.1, 0.15) is 5.56 Å². The fraction of sp³-hybridized carbons (Fsp3) is 0.250. The van der Waals surface area contributed by atoms with E-state index in [2.05, 4.69) is 22.0 Å². The highest BCUT2D eigenvalue weighted by molar-refractivity contribution is 9.10. The van der Waals surface area contributed by atoms with E-state index in [0.29, 0.717) is 6.42 Å². The molecule has 1 radical (unpaired) electrons. The summed E-state index contributed by atoms with van der Waals surface area (Å²) < 4.78 is 0.943. The number of halogens is 1. The van der Waals surface area contributed by atoms with Gasteiger partial charge in [0.1, 0.15) is 0 Å². The molecule has 0 aliphatic heterocycles. The normalized spacial score (nSPS) is 9.80. The molecule has 1 aromatic carbocycles. The Labute approximate surface area is 68.8 Å². The molecule has 0 spiro atoms. The first kappa shape index (κ1) is 7.76. The van der Waals surface area contributed by atoms with Gasteiger partial charge in [-0.3, -0.25) is 0 Å². The van der Waals surface area contributed by atoms with E-state index in [0.717, 1.165) is 10.0 Å². The van der Waals surface area contributed by atoms with Crippen LogP contribution in [0.4, 0.5) is 0 Å². The van der Waals surface area contributed by atoms with Gasteiger partial charge in [-0.15, -0.1) is 0 Å². The van der Waals surface area contributed by atoms with E-state index in [1.165, 1.54) is 0 Å². The Hall–Kier alpha value is -0.340. The SMILES string of the molecule is OCCc1cc[c]c(Br)c1. The molecule has 0 saturated carbocycles. The Bertz CT molecular complexity index is 210. The van der Waals surface area contributed by atoms with Crippen molar-refractivity contribution in [2.24, 2.45) is 0 Å². The lowest BCUT2D eigenvalue weighted by molar-refractivity contribution is 0.299. The van der Waals surface area contributed by atoms with Gasteiger partial charge in [-0.2, -0.15) is 0 Å². The molecule has 1 aromatic rings. The van der Waals surface area contributed by atoms with Crippen LogP contribution in [0.2, 0.25) is 0 Å². The molecule has 53 valence electrons. The highest BCUT2D eigenvalue weighted by atomic mass is 79.9. The van der Waals surface area contributed by atoms with Gasteiger partial charge in [0.2, 0.25) is 0 Å². The maximum Gasteiger partial charge on any atom is 0.0471 e. The largest absolute Gasteiger partial charge is 0.396 e. The van der Waals surface area contributed by atoms with Crippen molar-refractivity contribution in [3.05, 3.63) is 34.3 Å². The monoisotopic (exact) mass is 199 g/mol. The zero-order valence-corrected chi connectivity index (χ0v) is 7.06. The van der Waals surface area contributed by atoms with E-state index >= 15 is 0 Å². The number of aliphatic hydroxyl groups excluding tert-OH is 1. The van der Waals surface area contributed by atoms with Crippen LogP contribution in [0, 0.1) is 6.07 Å². The second kappa shape index (κ2) is 3.74. The molecule has 0 aromatic heterocycles. The summed E-state index contributed by atoms with van der Waals surface area (Å²) in [5.74, 6) is 0. The van der Waals surface area contributed by atoms with Crippen LogP contribution in [-0.2, 0) is 6.42 Å². The highest BCUT2D eigenvalue weighted by Crippen LogP contribution is 2.10. The number of hydrogen-bond acceptors (Lipinski definition) is 1. The van der Waals surface area contributed by atoms with Crippen molar-refractivity contribution in [3.63, 3.8) is 0 Å². The molecule has 0 saturated heterocycles. The lowest BCUT2D eigenvalue weighted by Gasteiger charge is -1.96. The van der Waals surface area contributed by atoms with E-state index in [4.69, 9.17) is 5.11 Å². The van der Waals surface area contributed by atoms with Crippen LogP contribution in [-0.4, -0.2) is 11.7 Å². The van der Waals surface area contributed by atoms with Gasteiger partial charge in [0, 0.05) is 11.1 Å². The minimum atomic E-state index is 0.205. The molecule has 0 heterocycles. The predicted octanol–water partition coefficient (Wildman–Crippen LogP) is 1.78. The maximum absolute atomic E-state index is 8.59. The summed E-state index contributed by atoms with van der Waals surface area (Å²) in [5, 5.41) is 8.59. The first-order chi connectivity index (χ1) is 4.83. The molecule has 0 atom stereocenters. The van der Waals surface area contributed by atoms with Crippen LogP contribution in [0.15, 0.2) is 22.7 Å². The first-order valence-electron chi connectivity index (χ1n) is 3.10. The maximum atomic E-state index is 8.59. The molecule has 0 unspecified atom stereocenters. The number of hydrogen-bond donors (Lipinski definition) is 1. The second-order valence-corrected chi connectivity index (χ2v) is 2.87. The van der Waals surface area contributed by atoms with E-state index in [-0.39, 0.29) is 6.61 Å². The van der Waals surface area contributed by atoms with Gasteiger partial charge in [0.15, 0.2) is 0 Å². The van der Waals surface area contributed by atoms with Crippen LogP contribution >= 0.6 is 15.9 Å². The summed E-state index contributed by atoms with van der Waals surface area (Å²) in [4.78, 5) is 0. The quantitative estimate of drug-likeness (QED) is 0.771. The summed E-state index contributed by atoms with van der Waals surface area (Å²) in [6, 6.07) is 8.71. The zero-order valence-electron chi connectivity index (χ0n) is 5.47. The van der Waals surface area contributed by atoms with Crippen LogP contribution in [0.3, 0.4) is 0 Å². The van der Waals surface area contributed by atoms with E-state index < -0.39 is 0 Å². The summed E-state index contributed by atoms with van der Waals surface area (Å²) in [6.07, 6.45) is 0.716. The molecule has 0 aliphatic carbocycles. The van der Waals surface area contributed by atoms with E-state index in [1.807, 2.05) is 18.2 Å². The number of aliphatic hydroxyl groups is 1. The highest BCUT2D eigenvalue weighted by Gasteiger charge is 1.91. The van der Waals surface area contributed by atoms with E-state index in [9.17, 15) is 0 Å². The third kappa shape index (κ3) is 2.12. The molecule has 1 nitrogen and oxygen atoms in total. The third-order valence-electron chi connectivity index (χ3n) is 1.23. The molecule has 1 N–H and O–H groups in total. The third-order valence-corrected chi connectivity index (χ3v) is 1.69. The average Bonchev–Trinajstić information content (AvgIpc) is 1.88. The minimum absolute atomic E-state index is 0.205. The Morgan fingerprint density at radius 3 is 3.00 bits per heavy atom. The van der Waals surface area contributed by atoms with Crippen molar-refractivity contribution in [1.29, 1.82) is 0 Å². The molecule has 0 bridgehead atoms. The lowest BCUT2D eigenvalue weighted by atomic mass is 10.2. The van der Waals surface area contributed by atoms with Crippen molar-refractivity contribution >= 4 is 15.9 Å². The Balaban J connectivity index is 2.75. The van der Waals surface area contributed by atoms with E-state index in [1.54, 1.807) is 0 Å². The van der Waals surface area contributed by atoms with Gasteiger partial charge in [-0.1, -0.05) is 28.1 Å². The van der Waals surface area contributed by atoms with Crippen molar-refractivity contribution in [2.45, 2.75) is 6.42 Å². The van der Waals surface area contributed by atoms with Crippen molar-refractivity contribution < 1.29 is 5.11 Å². The number of rotatable bonds is 2. The van der Waals surface area contributed by atoms with Gasteiger partial charge < -0.3 is 5.11 Å². The second-order valence-electron chi connectivity index (χ2n) is 2.02. The standard InChI is InChI=1S/C8H8BrO/c9-8-3-1-2-7(6-8)4-5-10/h1-2,6,10H,4-5H2. The molecular formula is C8H8BrO. The predicted molar refractivity (Wildman–Crippen MR) is 43.8 cm³/mol. The fourth-order valence-electron chi connectivity index (χ4n) is 0.765. The zero-order chi connectivity index (χ0) is 7.40. The molecule has 10 heavy (non-hydrogen) atoms. The Morgan fingerprint density at radius 2 is 2.40 bits per heavy atom. The smallest absolute Gasteiger partial charge is 0.0471 e. The molecular weight excluding hydrogens is 192 g/mol. The fourth-order valence-corrected chi connectivity index (χ4v) is 1.19. The molecule has 2 heteroatoms. The summed E-state index contributed by atoms with van der Waals surface area (Å²) >= 11 is 3.29. The van der Waals surface area contributed by atoms with Crippen LogP contribution < -0.4 is 0 Å². The van der Waals surface area contributed by atoms with Crippen molar-refractivity contribution in [1.82, 2.24) is 0 Å². The molecule has 0 amide bonds. The Morgan fingerprint density at radius 1 is 1.60 bits per heavy atom. The van der Waals surface area contributed by atoms with Crippen LogP contribution in [0.5, 0.6) is 0 Å². The molecule has 0 fully saturated rings. The molecule has 0 aliphatic rings. The van der Waals surface area contributed by atoms with Gasteiger partial charge in [0.05, 0.1) is 0 Å². The first-order valence-corrected chi connectivity index (χ1v) is 3.89. The van der Waals surface area contributed by atoms with Gasteiger partial charge >= 0.3 is 0 Å². The lowest BCUT2D eigenvalue weighted by Crippen LogP contribution is -1.89. The van der Waals surface area contributed by atoms with Crippen molar-refractivity contribution in [3.8, 4) is 0 Å². The average molecular weight is 200 g/mol. The summed E-state index contributed by atoms with van der Waals surface area (Å²) in [5.41, 5.74) is 1.13.